The molecule has 2 saturated heterocycles. The van der Waals surface area contributed by atoms with Gasteiger partial charge in [-0.15, -0.1) is 0 Å². The van der Waals surface area contributed by atoms with Gasteiger partial charge in [0.05, 0.1) is 19.8 Å². The van der Waals surface area contributed by atoms with E-state index in [2.05, 4.69) is 0 Å². The molecule has 2 fully saturated rings. The van der Waals surface area contributed by atoms with Crippen LogP contribution in [0.4, 0.5) is 0 Å². The van der Waals surface area contributed by atoms with Crippen LogP contribution in [0.25, 0.3) is 22.3 Å². The van der Waals surface area contributed by atoms with Crippen LogP contribution in [0.15, 0.2) is 39.5 Å². The van der Waals surface area contributed by atoms with Gasteiger partial charge in [0.2, 0.25) is 17.5 Å². The minimum atomic E-state index is -1.95. The van der Waals surface area contributed by atoms with Gasteiger partial charge in [-0.2, -0.15) is 0 Å². The first kappa shape index (κ1) is 31.7. The van der Waals surface area contributed by atoms with Crippen LogP contribution < -0.4 is 14.9 Å². The fraction of sp³-hybridized carbons (Fsp3) is 0.464. The number of hydrogen-bond acceptors (Lipinski definition) is 16. The molecular weight excluding hydrogens is 592 g/mol. The van der Waals surface area contributed by atoms with E-state index in [9.17, 15) is 50.8 Å². The van der Waals surface area contributed by atoms with Crippen molar-refractivity contribution in [2.45, 2.75) is 68.3 Å². The zero-order chi connectivity index (χ0) is 32.0. The third-order valence-corrected chi connectivity index (χ3v) is 7.52. The third kappa shape index (κ3) is 5.74. The number of rotatable bonds is 7. The topological polar surface area (TPSA) is 258 Å². The van der Waals surface area contributed by atoms with Crippen molar-refractivity contribution in [1.29, 1.82) is 0 Å². The van der Waals surface area contributed by atoms with Crippen molar-refractivity contribution in [2.75, 3.05) is 13.7 Å². The average Bonchev–Trinajstić information content (AvgIpc) is 3.00. The van der Waals surface area contributed by atoms with Gasteiger partial charge < -0.3 is 74.1 Å². The molecule has 0 amide bonds. The summed E-state index contributed by atoms with van der Waals surface area (Å²) in [4.78, 5) is 13.7. The second-order valence-corrected chi connectivity index (χ2v) is 10.5. The monoisotopic (exact) mass is 624 g/mol. The highest BCUT2D eigenvalue weighted by Gasteiger charge is 2.47. The number of aliphatic hydroxyl groups excluding tert-OH is 6. The maximum atomic E-state index is 13.7. The summed E-state index contributed by atoms with van der Waals surface area (Å²) in [6, 6.07) is 5.90. The SMILES string of the molecule is COc1cc(O)c2c(=O)c(O[C@@H]3O[C@H](CO[C@@H]4O[C@@H](C)[C@H](O)[C@@H](O)[C@H]4O)[C@@H](O)[C@H](O)[C@H]3O)c(-c3ccc(O)c(O)c3)oc2c1. The molecule has 9 N–H and O–H groups in total. The summed E-state index contributed by atoms with van der Waals surface area (Å²) in [7, 11) is 1.32. The second-order valence-electron chi connectivity index (χ2n) is 10.5. The number of methoxy groups -OCH3 is 1. The Morgan fingerprint density at radius 2 is 1.45 bits per heavy atom. The van der Waals surface area contributed by atoms with E-state index in [0.29, 0.717) is 0 Å². The first-order valence-electron chi connectivity index (χ1n) is 13.4. The number of benzene rings is 2. The lowest BCUT2D eigenvalue weighted by Gasteiger charge is -2.42. The van der Waals surface area contributed by atoms with Gasteiger partial charge in [-0.3, -0.25) is 4.79 Å². The number of ether oxygens (including phenoxy) is 5. The lowest BCUT2D eigenvalue weighted by atomic mass is 9.98. The van der Waals surface area contributed by atoms with E-state index in [1.54, 1.807) is 0 Å². The molecule has 2 aromatic carbocycles. The van der Waals surface area contributed by atoms with Crippen LogP contribution >= 0.6 is 0 Å². The van der Waals surface area contributed by atoms with Crippen LogP contribution in [-0.4, -0.2) is 121 Å². The molecule has 3 aromatic rings. The molecule has 16 nitrogen and oxygen atoms in total. The van der Waals surface area contributed by atoms with Crippen molar-refractivity contribution >= 4 is 11.0 Å². The number of fused-ring (bicyclic) bond motifs is 1. The summed E-state index contributed by atoms with van der Waals surface area (Å²) in [5.41, 5.74) is -1.10. The maximum absolute atomic E-state index is 13.7. The van der Waals surface area contributed by atoms with Crippen LogP contribution in [0.3, 0.4) is 0 Å². The predicted molar refractivity (Wildman–Crippen MR) is 145 cm³/mol. The quantitative estimate of drug-likeness (QED) is 0.137. The minimum absolute atomic E-state index is 0.0145. The summed E-state index contributed by atoms with van der Waals surface area (Å²) in [6.07, 6.45) is -16.0. The van der Waals surface area contributed by atoms with Crippen LogP contribution in [0.2, 0.25) is 0 Å². The van der Waals surface area contributed by atoms with Gasteiger partial charge in [0, 0.05) is 17.7 Å². The van der Waals surface area contributed by atoms with Crippen molar-refractivity contribution in [3.63, 3.8) is 0 Å². The van der Waals surface area contributed by atoms with Crippen LogP contribution in [-0.2, 0) is 14.2 Å². The lowest BCUT2D eigenvalue weighted by Crippen LogP contribution is -2.61. The van der Waals surface area contributed by atoms with E-state index in [1.807, 2.05) is 0 Å². The Labute approximate surface area is 248 Å². The van der Waals surface area contributed by atoms with Gasteiger partial charge in [-0.05, 0) is 25.1 Å². The van der Waals surface area contributed by atoms with Crippen molar-refractivity contribution in [2.24, 2.45) is 0 Å². The van der Waals surface area contributed by atoms with Crippen molar-refractivity contribution < 1.29 is 74.1 Å². The van der Waals surface area contributed by atoms with Gasteiger partial charge in [0.15, 0.2) is 23.5 Å². The highest BCUT2D eigenvalue weighted by atomic mass is 16.7. The molecule has 5 rings (SSSR count). The summed E-state index contributed by atoms with van der Waals surface area (Å²) >= 11 is 0. The fourth-order valence-electron chi connectivity index (χ4n) is 4.95. The smallest absolute Gasteiger partial charge is 0.239 e. The molecule has 0 radical (unpaired) electrons. The summed E-state index contributed by atoms with van der Waals surface area (Å²) in [5, 5.41) is 92.1. The molecule has 16 heteroatoms. The number of hydrogen-bond donors (Lipinski definition) is 9. The zero-order valence-corrected chi connectivity index (χ0v) is 23.3. The Bertz CT molecular complexity index is 1560. The Balaban J connectivity index is 1.49. The molecular formula is C28H32O16. The Kier molecular flexibility index (Phi) is 8.90. The minimum Gasteiger partial charge on any atom is -0.507 e. The Hall–Kier alpha value is -3.71. The van der Waals surface area contributed by atoms with Crippen molar-refractivity contribution in [3.05, 3.63) is 40.6 Å². The van der Waals surface area contributed by atoms with Gasteiger partial charge >= 0.3 is 0 Å². The molecule has 0 unspecified atom stereocenters. The van der Waals surface area contributed by atoms with Gasteiger partial charge in [0.25, 0.3) is 0 Å². The summed E-state index contributed by atoms with van der Waals surface area (Å²) in [6.45, 7) is 0.841. The third-order valence-electron chi connectivity index (χ3n) is 7.52. The predicted octanol–water partition coefficient (Wildman–Crippen LogP) is -1.38. The van der Waals surface area contributed by atoms with Crippen LogP contribution in [0, 0.1) is 0 Å². The number of aromatic hydroxyl groups is 3. The molecule has 10 atom stereocenters. The Morgan fingerprint density at radius 1 is 0.773 bits per heavy atom. The van der Waals surface area contributed by atoms with Gasteiger partial charge in [0.1, 0.15) is 65.2 Å². The Morgan fingerprint density at radius 3 is 2.14 bits per heavy atom. The molecule has 0 spiro atoms. The average molecular weight is 625 g/mol. The molecule has 240 valence electrons. The second kappa shape index (κ2) is 12.4. The van der Waals surface area contributed by atoms with E-state index in [4.69, 9.17) is 28.1 Å². The number of phenolic OH excluding ortho intramolecular Hbond substituents is 3. The van der Waals surface area contributed by atoms with Crippen LogP contribution in [0.1, 0.15) is 6.92 Å². The molecule has 2 aliphatic rings. The largest absolute Gasteiger partial charge is 0.507 e. The van der Waals surface area contributed by atoms with Crippen LogP contribution in [0.5, 0.6) is 28.7 Å². The molecule has 1 aromatic heterocycles. The van der Waals surface area contributed by atoms with Crippen molar-refractivity contribution in [1.82, 2.24) is 0 Å². The van der Waals surface area contributed by atoms with E-state index < -0.39 is 96.4 Å². The first-order valence-corrected chi connectivity index (χ1v) is 13.4. The molecule has 0 bridgehead atoms. The van der Waals surface area contributed by atoms with E-state index in [-0.39, 0.29) is 28.0 Å². The lowest BCUT2D eigenvalue weighted by molar-refractivity contribution is -0.318. The highest BCUT2D eigenvalue weighted by Crippen LogP contribution is 2.39. The molecule has 2 aliphatic heterocycles. The van der Waals surface area contributed by atoms with E-state index in [1.165, 1.54) is 26.2 Å². The molecule has 3 heterocycles. The van der Waals surface area contributed by atoms with Gasteiger partial charge in [-0.25, -0.2) is 0 Å². The number of aliphatic hydroxyl groups is 6. The summed E-state index contributed by atoms with van der Waals surface area (Å²) < 4.78 is 33.2. The normalized spacial score (nSPS) is 32.5. The van der Waals surface area contributed by atoms with Gasteiger partial charge in [-0.1, -0.05) is 0 Å². The standard InChI is InChI=1S/C28H32O16/c1-9-18(32)21(35)23(37)27(41-9)40-8-16-19(33)22(36)24(38)28(43-16)44-26-20(34)17-14(31)6-11(39-2)7-15(17)42-25(26)10-3-4-12(29)13(30)5-10/h3-7,9,16,18-19,21-24,27-33,35-38H,8H2,1-2H3/t9-,16+,18-,19+,21+,22-,23+,24+,27+,28-/m0/s1. The molecule has 0 saturated carbocycles. The van der Waals surface area contributed by atoms with E-state index >= 15 is 0 Å². The fourth-order valence-corrected chi connectivity index (χ4v) is 4.95. The maximum Gasteiger partial charge on any atom is 0.239 e. The molecule has 44 heavy (non-hydrogen) atoms. The van der Waals surface area contributed by atoms with Crippen molar-refractivity contribution in [3.8, 4) is 40.1 Å². The molecule has 0 aliphatic carbocycles. The first-order chi connectivity index (χ1) is 20.8. The number of phenols is 3. The zero-order valence-electron chi connectivity index (χ0n) is 23.3. The summed E-state index contributed by atoms with van der Waals surface area (Å²) in [5.74, 6) is -2.44. The highest BCUT2D eigenvalue weighted by molar-refractivity contribution is 5.88. The van der Waals surface area contributed by atoms with E-state index in [0.717, 1.165) is 18.2 Å².